The molecule has 1 aliphatic rings. The molecule has 0 aliphatic carbocycles. The molecule has 6 heteroatoms. The van der Waals surface area contributed by atoms with Crippen LogP contribution in [0.2, 0.25) is 5.02 Å². The lowest BCUT2D eigenvalue weighted by Crippen LogP contribution is -2.35. The van der Waals surface area contributed by atoms with E-state index < -0.39 is 12.2 Å². The van der Waals surface area contributed by atoms with E-state index in [0.29, 0.717) is 17.3 Å². The second-order valence-electron chi connectivity index (χ2n) is 7.26. The van der Waals surface area contributed by atoms with Gasteiger partial charge in [0.05, 0.1) is 6.54 Å². The van der Waals surface area contributed by atoms with E-state index in [0.717, 1.165) is 24.9 Å². The molecule has 1 atom stereocenters. The van der Waals surface area contributed by atoms with Crippen molar-refractivity contribution in [2.45, 2.75) is 18.9 Å². The van der Waals surface area contributed by atoms with Gasteiger partial charge in [-0.25, -0.2) is 9.18 Å². The molecule has 30 heavy (non-hydrogen) atoms. The number of fused-ring (bicyclic) bond motifs is 1. The van der Waals surface area contributed by atoms with Gasteiger partial charge in [0.15, 0.2) is 0 Å². The fourth-order valence-corrected chi connectivity index (χ4v) is 3.83. The van der Waals surface area contributed by atoms with E-state index in [9.17, 15) is 9.18 Å². The smallest absolute Gasteiger partial charge is 0.412 e. The molecular formula is C24H22ClFN2O2. The summed E-state index contributed by atoms with van der Waals surface area (Å²) >= 11 is 6.04. The number of anilines is 2. The summed E-state index contributed by atoms with van der Waals surface area (Å²) < 4.78 is 18.9. The molecule has 1 amide bonds. The van der Waals surface area contributed by atoms with Crippen LogP contribution in [0.4, 0.5) is 20.6 Å². The van der Waals surface area contributed by atoms with Crippen molar-refractivity contribution in [3.05, 3.63) is 94.8 Å². The van der Waals surface area contributed by atoms with Gasteiger partial charge in [-0.3, -0.25) is 5.32 Å². The minimum Gasteiger partial charge on any atom is -0.439 e. The van der Waals surface area contributed by atoms with Crippen LogP contribution in [0.15, 0.2) is 72.8 Å². The maximum absolute atomic E-state index is 13.1. The van der Waals surface area contributed by atoms with Gasteiger partial charge < -0.3 is 9.64 Å². The Morgan fingerprint density at radius 2 is 1.80 bits per heavy atom. The summed E-state index contributed by atoms with van der Waals surface area (Å²) in [4.78, 5) is 14.8. The van der Waals surface area contributed by atoms with Crippen molar-refractivity contribution in [3.8, 4) is 0 Å². The van der Waals surface area contributed by atoms with Gasteiger partial charge in [0.1, 0.15) is 11.9 Å². The molecule has 4 nitrogen and oxygen atoms in total. The zero-order valence-corrected chi connectivity index (χ0v) is 17.1. The second-order valence-corrected chi connectivity index (χ2v) is 7.69. The minimum absolute atomic E-state index is 0.364. The number of rotatable bonds is 5. The van der Waals surface area contributed by atoms with Crippen LogP contribution >= 0.6 is 11.6 Å². The third-order valence-electron chi connectivity index (χ3n) is 5.17. The number of carbonyl (C=O) groups is 1. The number of benzene rings is 3. The lowest BCUT2D eigenvalue weighted by Gasteiger charge is -2.34. The predicted octanol–water partition coefficient (Wildman–Crippen LogP) is 6.22. The molecule has 0 spiro atoms. The monoisotopic (exact) mass is 424 g/mol. The Hall–Kier alpha value is -3.05. The molecule has 4 rings (SSSR count). The van der Waals surface area contributed by atoms with E-state index in [4.69, 9.17) is 16.3 Å². The third kappa shape index (κ3) is 4.92. The zero-order valence-electron chi connectivity index (χ0n) is 16.4. The van der Waals surface area contributed by atoms with Gasteiger partial charge in [0.2, 0.25) is 0 Å². The first kappa shape index (κ1) is 20.2. The minimum atomic E-state index is -0.591. The molecule has 1 N–H and O–H groups in total. The second kappa shape index (κ2) is 9.18. The highest BCUT2D eigenvalue weighted by Crippen LogP contribution is 2.30. The van der Waals surface area contributed by atoms with Crippen LogP contribution in [0.1, 0.15) is 23.7 Å². The predicted molar refractivity (Wildman–Crippen MR) is 118 cm³/mol. The summed E-state index contributed by atoms with van der Waals surface area (Å²) in [6, 6.07) is 21.2. The molecule has 154 valence electrons. The van der Waals surface area contributed by atoms with Gasteiger partial charge in [0, 0.05) is 22.9 Å². The number of ether oxygens (including phenoxy) is 1. The van der Waals surface area contributed by atoms with Crippen molar-refractivity contribution in [1.29, 1.82) is 0 Å². The van der Waals surface area contributed by atoms with Gasteiger partial charge >= 0.3 is 6.09 Å². The molecule has 0 aromatic heterocycles. The number of hydrogen-bond donors (Lipinski definition) is 1. The topological polar surface area (TPSA) is 41.6 Å². The van der Waals surface area contributed by atoms with E-state index in [-0.39, 0.29) is 5.82 Å². The summed E-state index contributed by atoms with van der Waals surface area (Å²) in [6.07, 6.45) is 1.01. The number of nitrogens with zero attached hydrogens (tertiary/aromatic N) is 1. The average molecular weight is 425 g/mol. The van der Waals surface area contributed by atoms with Crippen molar-refractivity contribution in [2.24, 2.45) is 0 Å². The normalized spacial score (nSPS) is 14.0. The Kier molecular flexibility index (Phi) is 6.19. The number of carbonyl (C=O) groups excluding carboxylic acids is 1. The number of aryl methyl sites for hydroxylation is 1. The summed E-state index contributed by atoms with van der Waals surface area (Å²) in [5.41, 5.74) is 3.80. The lowest BCUT2D eigenvalue weighted by molar-refractivity contribution is 0.114. The van der Waals surface area contributed by atoms with Crippen molar-refractivity contribution < 1.29 is 13.9 Å². The van der Waals surface area contributed by atoms with Gasteiger partial charge in [-0.05, 0) is 66.4 Å². The Morgan fingerprint density at radius 1 is 1.07 bits per heavy atom. The summed E-state index contributed by atoms with van der Waals surface area (Å²) in [6.45, 7) is 1.42. The van der Waals surface area contributed by atoms with Crippen LogP contribution in [-0.2, 0) is 11.2 Å². The molecule has 0 bridgehead atoms. The largest absolute Gasteiger partial charge is 0.439 e. The summed E-state index contributed by atoms with van der Waals surface area (Å²) in [5.74, 6) is -0.364. The third-order valence-corrected chi connectivity index (χ3v) is 5.43. The summed E-state index contributed by atoms with van der Waals surface area (Å²) in [5, 5.41) is 3.29. The fraction of sp³-hybridized carbons (Fsp3) is 0.208. The Bertz CT molecular complexity index is 1010. The van der Waals surface area contributed by atoms with Crippen molar-refractivity contribution >= 4 is 29.1 Å². The van der Waals surface area contributed by atoms with E-state index in [1.54, 1.807) is 12.1 Å². The number of halogens is 2. The van der Waals surface area contributed by atoms with Gasteiger partial charge in [0.25, 0.3) is 0 Å². The summed E-state index contributed by atoms with van der Waals surface area (Å²) in [7, 11) is 0. The van der Waals surface area contributed by atoms with Crippen molar-refractivity contribution in [2.75, 3.05) is 23.3 Å². The molecule has 1 aliphatic heterocycles. The quantitative estimate of drug-likeness (QED) is 0.528. The van der Waals surface area contributed by atoms with Crippen molar-refractivity contribution in [3.63, 3.8) is 0 Å². The molecule has 0 saturated heterocycles. The van der Waals surface area contributed by atoms with Crippen LogP contribution in [0.3, 0.4) is 0 Å². The van der Waals surface area contributed by atoms with E-state index >= 15 is 0 Å². The average Bonchev–Trinajstić information content (AvgIpc) is 2.76. The van der Waals surface area contributed by atoms with Crippen LogP contribution in [-0.4, -0.2) is 19.2 Å². The number of hydrogen-bond acceptors (Lipinski definition) is 3. The van der Waals surface area contributed by atoms with Crippen LogP contribution in [0.25, 0.3) is 0 Å². The Labute approximate surface area is 180 Å². The fourth-order valence-electron chi connectivity index (χ4n) is 3.70. The number of para-hydroxylation sites is 1. The van der Waals surface area contributed by atoms with Crippen LogP contribution < -0.4 is 10.2 Å². The first-order valence-corrected chi connectivity index (χ1v) is 10.3. The highest BCUT2D eigenvalue weighted by molar-refractivity contribution is 6.30. The van der Waals surface area contributed by atoms with E-state index in [1.165, 1.54) is 35.5 Å². The van der Waals surface area contributed by atoms with Crippen molar-refractivity contribution in [1.82, 2.24) is 0 Å². The highest BCUT2D eigenvalue weighted by Gasteiger charge is 2.24. The maximum Gasteiger partial charge on any atom is 0.412 e. The van der Waals surface area contributed by atoms with E-state index in [2.05, 4.69) is 22.3 Å². The highest BCUT2D eigenvalue weighted by atomic mass is 35.5. The number of amides is 1. The standard InChI is InChI=1S/C24H22ClFN2O2/c25-19-9-7-18(8-10-19)23(30-24(29)27-21-13-11-20(26)12-14-21)16-28-15-3-5-17-4-1-2-6-22(17)28/h1-2,4,6-14,23H,3,5,15-16H2,(H,27,29). The molecule has 1 heterocycles. The van der Waals surface area contributed by atoms with Gasteiger partial charge in [-0.2, -0.15) is 0 Å². The first-order valence-electron chi connectivity index (χ1n) is 9.90. The van der Waals surface area contributed by atoms with Gasteiger partial charge in [-0.1, -0.05) is 41.9 Å². The molecule has 0 fully saturated rings. The maximum atomic E-state index is 13.1. The number of nitrogens with one attached hydrogen (secondary N) is 1. The zero-order chi connectivity index (χ0) is 20.9. The van der Waals surface area contributed by atoms with Crippen LogP contribution in [0.5, 0.6) is 0 Å². The molecule has 1 unspecified atom stereocenters. The molecule has 0 radical (unpaired) electrons. The Morgan fingerprint density at radius 3 is 2.57 bits per heavy atom. The molecule has 3 aromatic rings. The van der Waals surface area contributed by atoms with E-state index in [1.807, 2.05) is 24.3 Å². The van der Waals surface area contributed by atoms with Crippen LogP contribution in [0, 0.1) is 5.82 Å². The Balaban J connectivity index is 1.53. The molecule has 0 saturated carbocycles. The molecular weight excluding hydrogens is 403 g/mol. The molecule has 3 aromatic carbocycles. The lowest BCUT2D eigenvalue weighted by atomic mass is 10.0. The van der Waals surface area contributed by atoms with Gasteiger partial charge in [-0.15, -0.1) is 0 Å². The first-order chi connectivity index (χ1) is 14.6. The SMILES string of the molecule is O=C(Nc1ccc(F)cc1)OC(CN1CCCc2ccccc21)c1ccc(Cl)cc1.